The van der Waals surface area contributed by atoms with E-state index in [1.807, 2.05) is 0 Å². The maximum absolute atomic E-state index is 12.3. The van der Waals surface area contributed by atoms with Gasteiger partial charge in [0.15, 0.2) is 0 Å². The van der Waals surface area contributed by atoms with E-state index >= 15 is 0 Å². The third-order valence-corrected chi connectivity index (χ3v) is 2.26. The molecule has 0 saturated heterocycles. The number of rotatable bonds is 3. The molecule has 0 radical (unpaired) electrons. The molecule has 0 aliphatic carbocycles. The summed E-state index contributed by atoms with van der Waals surface area (Å²) in [6, 6.07) is 2.83. The van der Waals surface area contributed by atoms with Crippen LogP contribution in [0.4, 0.5) is 18.9 Å². The van der Waals surface area contributed by atoms with Crippen molar-refractivity contribution in [3.8, 4) is 0 Å². The fourth-order valence-corrected chi connectivity index (χ4v) is 1.32. The first-order chi connectivity index (χ1) is 7.84. The van der Waals surface area contributed by atoms with Gasteiger partial charge in [-0.15, -0.1) is 0 Å². The summed E-state index contributed by atoms with van der Waals surface area (Å²) in [6.45, 7) is -0.165. The molecular weight excluding hydrogens is 259 g/mol. The van der Waals surface area contributed by atoms with E-state index in [2.05, 4.69) is 10.1 Å². The molecule has 1 N–H and O–H groups in total. The first kappa shape index (κ1) is 13.6. The summed E-state index contributed by atoms with van der Waals surface area (Å²) in [5.41, 5.74) is -0.601. The van der Waals surface area contributed by atoms with Crippen LogP contribution in [0, 0.1) is 0 Å². The number of hydrogen-bond acceptors (Lipinski definition) is 3. The van der Waals surface area contributed by atoms with Gasteiger partial charge >= 0.3 is 12.1 Å². The molecule has 0 atom stereocenters. The minimum atomic E-state index is -4.44. The summed E-state index contributed by atoms with van der Waals surface area (Å²) in [7, 11) is 1.21. The second-order valence-electron chi connectivity index (χ2n) is 3.12. The predicted molar refractivity (Wildman–Crippen MR) is 57.0 cm³/mol. The van der Waals surface area contributed by atoms with E-state index in [0.717, 1.165) is 18.2 Å². The van der Waals surface area contributed by atoms with Crippen molar-refractivity contribution < 1.29 is 22.7 Å². The fraction of sp³-hybridized carbons (Fsp3) is 0.300. The highest BCUT2D eigenvalue weighted by molar-refractivity contribution is 6.33. The van der Waals surface area contributed by atoms with Crippen LogP contribution in [0.2, 0.25) is 5.02 Å². The van der Waals surface area contributed by atoms with Crippen LogP contribution in [0.25, 0.3) is 0 Å². The molecule has 0 heterocycles. The van der Waals surface area contributed by atoms with Gasteiger partial charge in [-0.3, -0.25) is 4.79 Å². The van der Waals surface area contributed by atoms with Gasteiger partial charge in [0.2, 0.25) is 0 Å². The zero-order valence-corrected chi connectivity index (χ0v) is 9.52. The van der Waals surface area contributed by atoms with Crippen molar-refractivity contribution in [2.75, 3.05) is 19.0 Å². The average Bonchev–Trinajstić information content (AvgIpc) is 2.25. The zero-order chi connectivity index (χ0) is 13.1. The third kappa shape index (κ3) is 3.81. The monoisotopic (exact) mass is 267 g/mol. The average molecular weight is 268 g/mol. The van der Waals surface area contributed by atoms with Gasteiger partial charge in [-0.2, -0.15) is 13.2 Å². The van der Waals surface area contributed by atoms with Crippen molar-refractivity contribution in [2.45, 2.75) is 6.18 Å². The quantitative estimate of drug-likeness (QED) is 0.856. The number of anilines is 1. The largest absolute Gasteiger partial charge is 0.468 e. The van der Waals surface area contributed by atoms with Crippen molar-refractivity contribution in [2.24, 2.45) is 0 Å². The molecule has 0 spiro atoms. The molecule has 1 rings (SSSR count). The van der Waals surface area contributed by atoms with Crippen molar-refractivity contribution in [3.63, 3.8) is 0 Å². The fourth-order valence-electron chi connectivity index (χ4n) is 1.07. The summed E-state index contributed by atoms with van der Waals surface area (Å²) in [5.74, 6) is -0.541. The van der Waals surface area contributed by atoms with Crippen LogP contribution < -0.4 is 5.32 Å². The summed E-state index contributed by atoms with van der Waals surface area (Å²) in [4.78, 5) is 10.8. The molecule has 0 amide bonds. The van der Waals surface area contributed by atoms with Crippen LogP contribution in [-0.2, 0) is 15.7 Å². The molecule has 0 unspecified atom stereocenters. The Morgan fingerprint density at radius 1 is 1.47 bits per heavy atom. The number of carbonyl (C=O) groups is 1. The SMILES string of the molecule is COC(=O)CNc1ccc(C(F)(F)F)cc1Cl. The number of ether oxygens (including phenoxy) is 1. The number of esters is 1. The first-order valence-electron chi connectivity index (χ1n) is 4.52. The molecule has 0 bridgehead atoms. The Kier molecular flexibility index (Phi) is 4.22. The number of benzene rings is 1. The molecule has 0 aliphatic heterocycles. The molecule has 0 aliphatic rings. The lowest BCUT2D eigenvalue weighted by atomic mass is 10.2. The molecular formula is C10H9ClF3NO2. The Bertz CT molecular complexity index is 421. The van der Waals surface area contributed by atoms with Gasteiger partial charge in [-0.05, 0) is 18.2 Å². The van der Waals surface area contributed by atoms with Crippen LogP contribution in [0.5, 0.6) is 0 Å². The van der Waals surface area contributed by atoms with E-state index in [0.29, 0.717) is 0 Å². The third-order valence-electron chi connectivity index (χ3n) is 1.95. The number of halogens is 4. The topological polar surface area (TPSA) is 38.3 Å². The van der Waals surface area contributed by atoms with Crippen LogP contribution in [0.15, 0.2) is 18.2 Å². The highest BCUT2D eigenvalue weighted by atomic mass is 35.5. The maximum atomic E-state index is 12.3. The van der Waals surface area contributed by atoms with Gasteiger partial charge in [0.05, 0.1) is 23.4 Å². The normalized spacial score (nSPS) is 11.1. The lowest BCUT2D eigenvalue weighted by Gasteiger charge is -2.11. The lowest BCUT2D eigenvalue weighted by Crippen LogP contribution is -2.15. The van der Waals surface area contributed by atoms with Crippen LogP contribution >= 0.6 is 11.6 Å². The van der Waals surface area contributed by atoms with Gasteiger partial charge in [0, 0.05) is 0 Å². The van der Waals surface area contributed by atoms with E-state index in [9.17, 15) is 18.0 Å². The lowest BCUT2D eigenvalue weighted by molar-refractivity contribution is -0.139. The molecule has 3 nitrogen and oxygen atoms in total. The summed E-state index contributed by atoms with van der Waals surface area (Å²) >= 11 is 5.65. The highest BCUT2D eigenvalue weighted by Crippen LogP contribution is 2.33. The van der Waals surface area contributed by atoms with Gasteiger partial charge in [-0.25, -0.2) is 0 Å². The standard InChI is InChI=1S/C10H9ClF3NO2/c1-17-9(16)5-15-8-3-2-6(4-7(8)11)10(12,13)14/h2-4,15H,5H2,1H3. The van der Waals surface area contributed by atoms with Gasteiger partial charge in [0.1, 0.15) is 6.54 Å². The molecule has 0 fully saturated rings. The Hall–Kier alpha value is -1.43. The van der Waals surface area contributed by atoms with E-state index in [1.54, 1.807) is 0 Å². The highest BCUT2D eigenvalue weighted by Gasteiger charge is 2.30. The molecule has 94 valence electrons. The number of carbonyl (C=O) groups excluding carboxylic acids is 1. The molecule has 0 saturated carbocycles. The maximum Gasteiger partial charge on any atom is 0.416 e. The van der Waals surface area contributed by atoms with Gasteiger partial charge < -0.3 is 10.1 Å². The van der Waals surface area contributed by atoms with Crippen molar-refractivity contribution in [3.05, 3.63) is 28.8 Å². The van der Waals surface area contributed by atoms with E-state index in [-0.39, 0.29) is 17.3 Å². The number of nitrogens with one attached hydrogen (secondary N) is 1. The van der Waals surface area contributed by atoms with Crippen molar-refractivity contribution in [1.29, 1.82) is 0 Å². The minimum absolute atomic E-state index is 0.108. The second kappa shape index (κ2) is 5.27. The molecule has 1 aromatic rings. The zero-order valence-electron chi connectivity index (χ0n) is 8.77. The summed E-state index contributed by atoms with van der Waals surface area (Å²) < 4.78 is 41.3. The predicted octanol–water partition coefficient (Wildman–Crippen LogP) is 2.94. The summed E-state index contributed by atoms with van der Waals surface area (Å²) in [5, 5.41) is 2.46. The number of methoxy groups -OCH3 is 1. The van der Waals surface area contributed by atoms with Crippen LogP contribution in [0.3, 0.4) is 0 Å². The van der Waals surface area contributed by atoms with Crippen molar-refractivity contribution in [1.82, 2.24) is 0 Å². The Balaban J connectivity index is 2.80. The number of hydrogen-bond donors (Lipinski definition) is 1. The van der Waals surface area contributed by atoms with Crippen LogP contribution in [0.1, 0.15) is 5.56 Å². The molecule has 7 heteroatoms. The summed E-state index contributed by atoms with van der Waals surface area (Å²) in [6.07, 6.45) is -4.44. The Morgan fingerprint density at radius 2 is 2.12 bits per heavy atom. The second-order valence-corrected chi connectivity index (χ2v) is 3.53. The first-order valence-corrected chi connectivity index (χ1v) is 4.90. The molecule has 0 aromatic heterocycles. The Morgan fingerprint density at radius 3 is 2.59 bits per heavy atom. The minimum Gasteiger partial charge on any atom is -0.468 e. The van der Waals surface area contributed by atoms with Gasteiger partial charge in [-0.1, -0.05) is 11.6 Å². The van der Waals surface area contributed by atoms with E-state index in [1.165, 1.54) is 7.11 Å². The van der Waals surface area contributed by atoms with Crippen molar-refractivity contribution >= 4 is 23.3 Å². The van der Waals surface area contributed by atoms with E-state index < -0.39 is 17.7 Å². The number of alkyl halides is 3. The Labute approximate surface area is 101 Å². The van der Waals surface area contributed by atoms with E-state index in [4.69, 9.17) is 11.6 Å². The van der Waals surface area contributed by atoms with Gasteiger partial charge in [0.25, 0.3) is 0 Å². The smallest absolute Gasteiger partial charge is 0.416 e. The molecule has 1 aromatic carbocycles. The van der Waals surface area contributed by atoms with Crippen LogP contribution in [-0.4, -0.2) is 19.6 Å². The molecule has 17 heavy (non-hydrogen) atoms.